The first-order valence-corrected chi connectivity index (χ1v) is 8.79. The van der Waals surface area contributed by atoms with Gasteiger partial charge in [-0.15, -0.1) is 0 Å². The molecule has 0 aromatic heterocycles. The molecule has 2 rings (SSSR count). The standard InChI is InChI=1S/C15H24N2O3S/c1-11(10-20-3)9-17-21(18,19)14-7-6-12(2)15-13(14)5-4-8-16-15/h6-7,11,16-17H,4-5,8-10H2,1-3H3. The smallest absolute Gasteiger partial charge is 0.240 e. The van der Waals surface area contributed by atoms with E-state index in [9.17, 15) is 8.42 Å². The van der Waals surface area contributed by atoms with E-state index in [4.69, 9.17) is 4.74 Å². The Morgan fingerprint density at radius 1 is 1.43 bits per heavy atom. The molecule has 0 saturated carbocycles. The summed E-state index contributed by atoms with van der Waals surface area (Å²) < 4.78 is 32.8. The fraction of sp³-hybridized carbons (Fsp3) is 0.600. The molecule has 0 radical (unpaired) electrons. The summed E-state index contributed by atoms with van der Waals surface area (Å²) >= 11 is 0. The van der Waals surface area contributed by atoms with Crippen LogP contribution in [0.5, 0.6) is 0 Å². The van der Waals surface area contributed by atoms with Gasteiger partial charge < -0.3 is 10.1 Å². The van der Waals surface area contributed by atoms with Crippen LogP contribution in [0.1, 0.15) is 24.5 Å². The van der Waals surface area contributed by atoms with Gasteiger partial charge in [-0.3, -0.25) is 0 Å². The largest absolute Gasteiger partial charge is 0.385 e. The number of ether oxygens (including phenoxy) is 1. The zero-order valence-corrected chi connectivity index (χ0v) is 13.7. The highest BCUT2D eigenvalue weighted by Gasteiger charge is 2.23. The van der Waals surface area contributed by atoms with Crippen molar-refractivity contribution in [2.24, 2.45) is 5.92 Å². The highest BCUT2D eigenvalue weighted by atomic mass is 32.2. The monoisotopic (exact) mass is 312 g/mol. The van der Waals surface area contributed by atoms with Gasteiger partial charge in [0.15, 0.2) is 0 Å². The summed E-state index contributed by atoms with van der Waals surface area (Å²) in [6.45, 7) is 5.78. The average Bonchev–Trinajstić information content (AvgIpc) is 2.46. The Morgan fingerprint density at radius 3 is 2.90 bits per heavy atom. The zero-order valence-electron chi connectivity index (χ0n) is 12.9. The van der Waals surface area contributed by atoms with Crippen LogP contribution in [0.2, 0.25) is 0 Å². The van der Waals surface area contributed by atoms with Crippen LogP contribution < -0.4 is 10.0 Å². The molecular formula is C15H24N2O3S. The second-order valence-electron chi connectivity index (χ2n) is 5.68. The lowest BCUT2D eigenvalue weighted by Crippen LogP contribution is -2.31. The highest BCUT2D eigenvalue weighted by Crippen LogP contribution is 2.31. The molecule has 0 amide bonds. The van der Waals surface area contributed by atoms with Crippen molar-refractivity contribution in [2.75, 3.05) is 32.1 Å². The molecule has 1 aliphatic heterocycles. The Morgan fingerprint density at radius 2 is 2.19 bits per heavy atom. The van der Waals surface area contributed by atoms with Gasteiger partial charge in [-0.1, -0.05) is 13.0 Å². The third kappa shape index (κ3) is 3.75. The van der Waals surface area contributed by atoms with Crippen LogP contribution in [0.25, 0.3) is 0 Å². The van der Waals surface area contributed by atoms with Crippen LogP contribution in [-0.4, -0.2) is 35.2 Å². The van der Waals surface area contributed by atoms with Crippen LogP contribution >= 0.6 is 0 Å². The van der Waals surface area contributed by atoms with Crippen molar-refractivity contribution in [3.05, 3.63) is 23.3 Å². The molecule has 5 nitrogen and oxygen atoms in total. The molecular weight excluding hydrogens is 288 g/mol. The van der Waals surface area contributed by atoms with Crippen LogP contribution in [0.3, 0.4) is 0 Å². The lowest BCUT2D eigenvalue weighted by Gasteiger charge is -2.23. The van der Waals surface area contributed by atoms with Crippen molar-refractivity contribution in [2.45, 2.75) is 31.6 Å². The minimum Gasteiger partial charge on any atom is -0.385 e. The summed E-state index contributed by atoms with van der Waals surface area (Å²) in [5, 5.41) is 3.32. The van der Waals surface area contributed by atoms with Gasteiger partial charge in [0.05, 0.1) is 4.90 Å². The lowest BCUT2D eigenvalue weighted by atomic mass is 10.00. The maximum atomic E-state index is 12.5. The van der Waals surface area contributed by atoms with Crippen LogP contribution in [-0.2, 0) is 21.2 Å². The highest BCUT2D eigenvalue weighted by molar-refractivity contribution is 7.89. The number of fused-ring (bicyclic) bond motifs is 1. The molecule has 118 valence electrons. The molecule has 0 aliphatic carbocycles. The third-order valence-electron chi connectivity index (χ3n) is 3.75. The number of rotatable bonds is 6. The number of benzene rings is 1. The summed E-state index contributed by atoms with van der Waals surface area (Å²) in [7, 11) is -1.86. The maximum absolute atomic E-state index is 12.5. The van der Waals surface area contributed by atoms with E-state index >= 15 is 0 Å². The number of hydrogen-bond acceptors (Lipinski definition) is 4. The predicted molar refractivity (Wildman–Crippen MR) is 84.2 cm³/mol. The van der Waals surface area contributed by atoms with Crippen molar-refractivity contribution in [1.82, 2.24) is 4.72 Å². The van der Waals surface area contributed by atoms with Crippen LogP contribution in [0.15, 0.2) is 17.0 Å². The van der Waals surface area contributed by atoms with E-state index in [1.165, 1.54) is 0 Å². The zero-order chi connectivity index (χ0) is 15.5. The lowest BCUT2D eigenvalue weighted by molar-refractivity contribution is 0.161. The fourth-order valence-electron chi connectivity index (χ4n) is 2.64. The molecule has 0 bridgehead atoms. The molecule has 2 N–H and O–H groups in total. The van der Waals surface area contributed by atoms with Gasteiger partial charge >= 0.3 is 0 Å². The first-order valence-electron chi connectivity index (χ1n) is 7.30. The first kappa shape index (κ1) is 16.3. The van der Waals surface area contributed by atoms with Gasteiger partial charge in [-0.25, -0.2) is 13.1 Å². The number of anilines is 1. The van der Waals surface area contributed by atoms with Crippen LogP contribution in [0, 0.1) is 12.8 Å². The van der Waals surface area contributed by atoms with E-state index < -0.39 is 10.0 Å². The summed E-state index contributed by atoms with van der Waals surface area (Å²) in [6, 6.07) is 3.58. The number of sulfonamides is 1. The first-order chi connectivity index (χ1) is 9.95. The number of methoxy groups -OCH3 is 1. The Hall–Kier alpha value is -1.11. The van der Waals surface area contributed by atoms with Crippen LogP contribution in [0.4, 0.5) is 5.69 Å². The summed E-state index contributed by atoms with van der Waals surface area (Å²) in [4.78, 5) is 0.403. The van der Waals surface area contributed by atoms with Crippen molar-refractivity contribution < 1.29 is 13.2 Å². The van der Waals surface area contributed by atoms with Gasteiger partial charge in [-0.2, -0.15) is 0 Å². The van der Waals surface area contributed by atoms with Crippen molar-refractivity contribution in [1.29, 1.82) is 0 Å². The third-order valence-corrected chi connectivity index (χ3v) is 5.25. The molecule has 1 aliphatic rings. The minimum absolute atomic E-state index is 0.143. The fourth-order valence-corrected chi connectivity index (χ4v) is 4.08. The Balaban J connectivity index is 2.24. The Labute approximate surface area is 127 Å². The minimum atomic E-state index is -3.48. The van der Waals surface area contributed by atoms with Gasteiger partial charge in [-0.05, 0) is 42.9 Å². The number of hydrogen-bond donors (Lipinski definition) is 2. The molecule has 1 unspecified atom stereocenters. The van der Waals surface area contributed by atoms with E-state index in [2.05, 4.69) is 10.0 Å². The predicted octanol–water partition coefficient (Wildman–Crippen LogP) is 1.91. The van der Waals surface area contributed by atoms with Crippen molar-refractivity contribution in [3.63, 3.8) is 0 Å². The second-order valence-corrected chi connectivity index (χ2v) is 7.41. The Bertz CT molecular complexity index is 599. The van der Waals surface area contributed by atoms with E-state index in [1.54, 1.807) is 13.2 Å². The second kappa shape index (κ2) is 6.77. The summed E-state index contributed by atoms with van der Waals surface area (Å²) in [6.07, 6.45) is 1.76. The van der Waals surface area contributed by atoms with Gasteiger partial charge in [0.25, 0.3) is 0 Å². The molecule has 1 aromatic rings. The number of aryl methyl sites for hydroxylation is 1. The molecule has 0 spiro atoms. The van der Waals surface area contributed by atoms with E-state index in [0.717, 1.165) is 36.2 Å². The molecule has 1 heterocycles. The van der Waals surface area contributed by atoms with Crippen molar-refractivity contribution in [3.8, 4) is 0 Å². The molecule has 1 atom stereocenters. The molecule has 1 aromatic carbocycles. The maximum Gasteiger partial charge on any atom is 0.240 e. The molecule has 0 saturated heterocycles. The summed E-state index contributed by atoms with van der Waals surface area (Å²) in [5.41, 5.74) is 2.98. The van der Waals surface area contributed by atoms with E-state index in [0.29, 0.717) is 18.0 Å². The summed E-state index contributed by atoms with van der Waals surface area (Å²) in [5.74, 6) is 0.143. The number of nitrogens with one attached hydrogen (secondary N) is 2. The quantitative estimate of drug-likeness (QED) is 0.842. The van der Waals surface area contributed by atoms with E-state index in [1.807, 2.05) is 19.9 Å². The van der Waals surface area contributed by atoms with E-state index in [-0.39, 0.29) is 5.92 Å². The molecule has 21 heavy (non-hydrogen) atoms. The normalized spacial score (nSPS) is 16.1. The molecule has 0 fully saturated rings. The van der Waals surface area contributed by atoms with Gasteiger partial charge in [0.1, 0.15) is 0 Å². The van der Waals surface area contributed by atoms with Gasteiger partial charge in [0.2, 0.25) is 10.0 Å². The average molecular weight is 312 g/mol. The van der Waals surface area contributed by atoms with Crippen molar-refractivity contribution >= 4 is 15.7 Å². The SMILES string of the molecule is COCC(C)CNS(=O)(=O)c1ccc(C)c2c1CCCN2. The Kier molecular flexibility index (Phi) is 5.24. The topological polar surface area (TPSA) is 67.4 Å². The molecule has 6 heteroatoms. The van der Waals surface area contributed by atoms with Gasteiger partial charge in [0, 0.05) is 32.5 Å².